The van der Waals surface area contributed by atoms with Crippen LogP contribution in [0.15, 0.2) is 60.0 Å². The highest BCUT2D eigenvalue weighted by Crippen LogP contribution is 2.24. The Morgan fingerprint density at radius 2 is 1.79 bits per heavy atom. The van der Waals surface area contributed by atoms with Gasteiger partial charge in [0.15, 0.2) is 0 Å². The van der Waals surface area contributed by atoms with Crippen LogP contribution < -0.4 is 10.2 Å². The van der Waals surface area contributed by atoms with Gasteiger partial charge in [0.25, 0.3) is 0 Å². The molecular formula is C23H25N3O2S. The van der Waals surface area contributed by atoms with Crippen LogP contribution in [0.25, 0.3) is 10.6 Å². The summed E-state index contributed by atoms with van der Waals surface area (Å²) < 4.78 is 5.80. The number of aromatic nitrogens is 1. The zero-order valence-electron chi connectivity index (χ0n) is 16.7. The van der Waals surface area contributed by atoms with Crippen LogP contribution in [-0.2, 0) is 16.0 Å². The molecule has 2 unspecified atom stereocenters. The minimum atomic E-state index is -0.0590. The van der Waals surface area contributed by atoms with E-state index in [1.807, 2.05) is 47.8 Å². The fraction of sp³-hybridized carbons (Fsp3) is 0.304. The van der Waals surface area contributed by atoms with E-state index in [1.54, 1.807) is 11.3 Å². The van der Waals surface area contributed by atoms with Gasteiger partial charge in [-0.2, -0.15) is 0 Å². The Morgan fingerprint density at radius 3 is 2.48 bits per heavy atom. The number of rotatable bonds is 5. The fourth-order valence-corrected chi connectivity index (χ4v) is 4.44. The Balaban J connectivity index is 1.35. The molecule has 0 spiro atoms. The fourth-order valence-electron chi connectivity index (χ4n) is 3.62. The number of morpholine rings is 1. The van der Waals surface area contributed by atoms with E-state index in [4.69, 9.17) is 4.74 Å². The molecule has 1 aliphatic rings. The highest BCUT2D eigenvalue weighted by atomic mass is 32.1. The summed E-state index contributed by atoms with van der Waals surface area (Å²) in [4.78, 5) is 19.3. The smallest absolute Gasteiger partial charge is 0.230 e. The van der Waals surface area contributed by atoms with Crippen LogP contribution in [0.3, 0.4) is 0 Å². The van der Waals surface area contributed by atoms with E-state index >= 15 is 0 Å². The van der Waals surface area contributed by atoms with Crippen molar-refractivity contribution in [1.82, 2.24) is 4.98 Å². The maximum atomic E-state index is 12.4. The minimum absolute atomic E-state index is 0.0590. The van der Waals surface area contributed by atoms with Gasteiger partial charge in [0.2, 0.25) is 5.91 Å². The Hall–Kier alpha value is -2.70. The zero-order valence-corrected chi connectivity index (χ0v) is 17.5. The van der Waals surface area contributed by atoms with E-state index in [-0.39, 0.29) is 24.5 Å². The molecule has 5 nitrogen and oxygen atoms in total. The standard InChI is InChI=1S/C23H25N3O2S/c1-16-13-26(14-17(2)28-16)21-10-8-19(9-11-21)24-22(27)12-20-15-29-23(25-20)18-6-4-3-5-7-18/h3-11,15-17H,12-14H2,1-2H3,(H,24,27). The number of anilines is 2. The molecule has 3 aromatic rings. The molecule has 4 rings (SSSR count). The summed E-state index contributed by atoms with van der Waals surface area (Å²) in [6.45, 7) is 5.95. The maximum Gasteiger partial charge on any atom is 0.230 e. The second-order valence-electron chi connectivity index (χ2n) is 7.44. The van der Waals surface area contributed by atoms with Crippen LogP contribution in [0.1, 0.15) is 19.5 Å². The lowest BCUT2D eigenvalue weighted by Gasteiger charge is -2.36. The molecule has 2 aromatic carbocycles. The average molecular weight is 408 g/mol. The molecule has 2 heterocycles. The molecule has 150 valence electrons. The summed E-state index contributed by atoms with van der Waals surface area (Å²) in [6, 6.07) is 18.0. The van der Waals surface area contributed by atoms with Gasteiger partial charge in [0.05, 0.1) is 24.3 Å². The van der Waals surface area contributed by atoms with Crippen LogP contribution in [0.2, 0.25) is 0 Å². The number of ether oxygens (including phenoxy) is 1. The van der Waals surface area contributed by atoms with Crippen LogP contribution in [0.5, 0.6) is 0 Å². The van der Waals surface area contributed by atoms with Crippen LogP contribution in [-0.4, -0.2) is 36.2 Å². The lowest BCUT2D eigenvalue weighted by molar-refractivity contribution is -0.115. The number of carbonyl (C=O) groups is 1. The summed E-state index contributed by atoms with van der Waals surface area (Å²) in [5, 5.41) is 5.86. The van der Waals surface area contributed by atoms with E-state index in [0.29, 0.717) is 0 Å². The molecule has 0 saturated carbocycles. The lowest BCUT2D eigenvalue weighted by Crippen LogP contribution is -2.45. The van der Waals surface area contributed by atoms with Gasteiger partial charge in [-0.05, 0) is 38.1 Å². The van der Waals surface area contributed by atoms with Crippen LogP contribution in [0.4, 0.5) is 11.4 Å². The minimum Gasteiger partial charge on any atom is -0.372 e. The molecule has 6 heteroatoms. The quantitative estimate of drug-likeness (QED) is 0.671. The number of nitrogens with one attached hydrogen (secondary N) is 1. The average Bonchev–Trinajstić information content (AvgIpc) is 3.17. The topological polar surface area (TPSA) is 54.5 Å². The van der Waals surface area contributed by atoms with Crippen molar-refractivity contribution < 1.29 is 9.53 Å². The molecule has 1 fully saturated rings. The summed E-state index contributed by atoms with van der Waals surface area (Å²) in [5.74, 6) is -0.0590. The van der Waals surface area contributed by atoms with Crippen LogP contribution in [0, 0.1) is 0 Å². The third kappa shape index (κ3) is 5.02. The number of amides is 1. The highest BCUT2D eigenvalue weighted by Gasteiger charge is 2.22. The van der Waals surface area contributed by atoms with Gasteiger partial charge in [-0.3, -0.25) is 4.79 Å². The van der Waals surface area contributed by atoms with Crippen molar-refractivity contribution in [3.8, 4) is 10.6 Å². The molecule has 1 saturated heterocycles. The van der Waals surface area contributed by atoms with Gasteiger partial charge < -0.3 is 15.0 Å². The summed E-state index contributed by atoms with van der Waals surface area (Å²) >= 11 is 1.56. The molecule has 1 N–H and O–H groups in total. The third-order valence-corrected chi connectivity index (χ3v) is 5.79. The van der Waals surface area contributed by atoms with Crippen LogP contribution >= 0.6 is 11.3 Å². The van der Waals surface area contributed by atoms with Crippen molar-refractivity contribution in [2.24, 2.45) is 0 Å². The molecule has 0 bridgehead atoms. The number of nitrogens with zero attached hydrogens (tertiary/aromatic N) is 2. The predicted molar refractivity (Wildman–Crippen MR) is 119 cm³/mol. The van der Waals surface area contributed by atoms with E-state index < -0.39 is 0 Å². The summed E-state index contributed by atoms with van der Waals surface area (Å²) in [7, 11) is 0. The Morgan fingerprint density at radius 1 is 1.10 bits per heavy atom. The number of thiazole rings is 1. The molecule has 29 heavy (non-hydrogen) atoms. The monoisotopic (exact) mass is 407 g/mol. The largest absolute Gasteiger partial charge is 0.372 e. The van der Waals surface area contributed by atoms with Crippen molar-refractivity contribution >= 4 is 28.6 Å². The van der Waals surface area contributed by atoms with Gasteiger partial charge in [-0.1, -0.05) is 30.3 Å². The Labute approximate surface area is 175 Å². The number of hydrogen-bond acceptors (Lipinski definition) is 5. The first kappa shape index (κ1) is 19.6. The first-order chi connectivity index (χ1) is 14.1. The zero-order chi connectivity index (χ0) is 20.2. The third-order valence-electron chi connectivity index (χ3n) is 4.85. The van der Waals surface area contributed by atoms with Gasteiger partial charge in [0, 0.05) is 35.4 Å². The Bertz CT molecular complexity index is 946. The molecule has 0 aliphatic carbocycles. The SMILES string of the molecule is CC1CN(c2ccc(NC(=O)Cc3csc(-c4ccccc4)n3)cc2)CC(C)O1. The molecule has 1 aliphatic heterocycles. The highest BCUT2D eigenvalue weighted by molar-refractivity contribution is 7.13. The van der Waals surface area contributed by atoms with Crippen molar-refractivity contribution in [1.29, 1.82) is 0 Å². The Kier molecular flexibility index (Phi) is 5.92. The summed E-state index contributed by atoms with van der Waals surface area (Å²) in [5.41, 5.74) is 3.81. The lowest BCUT2D eigenvalue weighted by atomic mass is 10.2. The van der Waals surface area contributed by atoms with Gasteiger partial charge in [0.1, 0.15) is 5.01 Å². The molecule has 1 amide bonds. The molecule has 1 aromatic heterocycles. The van der Waals surface area contributed by atoms with E-state index in [0.717, 1.165) is 40.7 Å². The first-order valence-corrected chi connectivity index (χ1v) is 10.7. The van der Waals surface area contributed by atoms with E-state index in [9.17, 15) is 4.79 Å². The molecular weight excluding hydrogens is 382 g/mol. The summed E-state index contributed by atoms with van der Waals surface area (Å²) in [6.07, 6.45) is 0.706. The normalized spacial score (nSPS) is 19.2. The number of hydrogen-bond donors (Lipinski definition) is 1. The van der Waals surface area contributed by atoms with Gasteiger partial charge >= 0.3 is 0 Å². The van der Waals surface area contributed by atoms with E-state index in [1.165, 1.54) is 0 Å². The van der Waals surface area contributed by atoms with Crippen molar-refractivity contribution in [3.05, 3.63) is 65.7 Å². The molecule has 0 radical (unpaired) electrons. The number of carbonyl (C=O) groups excluding carboxylic acids is 1. The van der Waals surface area contributed by atoms with Crippen molar-refractivity contribution in [3.63, 3.8) is 0 Å². The first-order valence-electron chi connectivity index (χ1n) is 9.87. The predicted octanol–water partition coefficient (Wildman–Crippen LogP) is 4.60. The maximum absolute atomic E-state index is 12.4. The second-order valence-corrected chi connectivity index (χ2v) is 8.30. The van der Waals surface area contributed by atoms with Gasteiger partial charge in [-0.15, -0.1) is 11.3 Å². The number of benzene rings is 2. The van der Waals surface area contributed by atoms with Crippen molar-refractivity contribution in [2.75, 3.05) is 23.3 Å². The second kappa shape index (κ2) is 8.76. The van der Waals surface area contributed by atoms with Gasteiger partial charge in [-0.25, -0.2) is 4.98 Å². The van der Waals surface area contributed by atoms with E-state index in [2.05, 4.69) is 41.2 Å². The molecule has 2 atom stereocenters. The van der Waals surface area contributed by atoms with Crippen molar-refractivity contribution in [2.45, 2.75) is 32.5 Å².